The summed E-state index contributed by atoms with van der Waals surface area (Å²) in [7, 11) is 1.56. The zero-order valence-electron chi connectivity index (χ0n) is 20.9. The number of hydrogen-bond acceptors (Lipinski definition) is 10. The van der Waals surface area contributed by atoms with Gasteiger partial charge >= 0.3 is 0 Å². The second kappa shape index (κ2) is 12.1. The summed E-state index contributed by atoms with van der Waals surface area (Å²) >= 11 is 6.29. The van der Waals surface area contributed by atoms with Crippen molar-refractivity contribution in [2.45, 2.75) is 38.5 Å². The topological polar surface area (TPSA) is 137 Å². The quantitative estimate of drug-likeness (QED) is 0.294. The molecular formula is C25H31ClN8O3. The summed E-state index contributed by atoms with van der Waals surface area (Å²) in [6, 6.07) is 7.18. The number of ether oxygens (including phenoxy) is 1. The lowest BCUT2D eigenvalue weighted by Gasteiger charge is -2.37. The number of benzene rings is 1. The van der Waals surface area contributed by atoms with Gasteiger partial charge in [-0.3, -0.25) is 10.1 Å². The number of nitrogens with zero attached hydrogens (tertiary/aromatic N) is 5. The molecule has 4 rings (SSSR count). The second-order valence-corrected chi connectivity index (χ2v) is 8.98. The van der Waals surface area contributed by atoms with Crippen LogP contribution in [0.25, 0.3) is 0 Å². The number of halogens is 1. The lowest BCUT2D eigenvalue weighted by molar-refractivity contribution is 0.0950. The Bertz CT molecular complexity index is 1220. The molecule has 3 heterocycles. The summed E-state index contributed by atoms with van der Waals surface area (Å²) in [6.45, 7) is 3.79. The number of amides is 1. The van der Waals surface area contributed by atoms with E-state index in [1.807, 2.05) is 17.9 Å². The minimum absolute atomic E-state index is 0.0867. The summed E-state index contributed by atoms with van der Waals surface area (Å²) in [5, 5.41) is 20.2. The van der Waals surface area contributed by atoms with Gasteiger partial charge in [0.15, 0.2) is 0 Å². The van der Waals surface area contributed by atoms with Crippen molar-refractivity contribution in [3.63, 3.8) is 0 Å². The first-order valence-electron chi connectivity index (χ1n) is 12.1. The van der Waals surface area contributed by atoms with Gasteiger partial charge in [0.1, 0.15) is 28.6 Å². The Morgan fingerprint density at radius 1 is 1.24 bits per heavy atom. The number of nitrogens with one attached hydrogen (secondary N) is 3. The number of anilines is 2. The van der Waals surface area contributed by atoms with E-state index in [1.165, 1.54) is 6.20 Å². The lowest BCUT2D eigenvalue weighted by atomic mass is 10.1. The SMILES string of the molecule is CCN[C@@]1(CO)CCCN1c1ncc(C(=O)NCc2ncccn2)c(NCc2ccc(OC)c(Cl)c2)n1. The van der Waals surface area contributed by atoms with Crippen LogP contribution in [0.15, 0.2) is 42.9 Å². The number of rotatable bonds is 11. The third-order valence-corrected chi connectivity index (χ3v) is 6.52. The zero-order valence-corrected chi connectivity index (χ0v) is 21.6. The van der Waals surface area contributed by atoms with E-state index < -0.39 is 5.66 Å². The van der Waals surface area contributed by atoms with Crippen LogP contribution in [0.1, 0.15) is 41.5 Å². The third kappa shape index (κ3) is 6.07. The molecule has 0 spiro atoms. The van der Waals surface area contributed by atoms with Crippen LogP contribution in [0.3, 0.4) is 0 Å². The predicted octanol–water partition coefficient (Wildman–Crippen LogP) is 2.37. The van der Waals surface area contributed by atoms with Crippen LogP contribution in [-0.4, -0.2) is 63.4 Å². The predicted molar refractivity (Wildman–Crippen MR) is 141 cm³/mol. The summed E-state index contributed by atoms with van der Waals surface area (Å²) in [4.78, 5) is 32.6. The number of methoxy groups -OCH3 is 1. The molecule has 0 radical (unpaired) electrons. The fourth-order valence-electron chi connectivity index (χ4n) is 4.39. The number of aliphatic hydroxyl groups excluding tert-OH is 1. The van der Waals surface area contributed by atoms with Crippen LogP contribution in [-0.2, 0) is 13.1 Å². The van der Waals surface area contributed by atoms with Gasteiger partial charge in [0.05, 0.1) is 25.3 Å². The molecule has 37 heavy (non-hydrogen) atoms. The van der Waals surface area contributed by atoms with E-state index in [-0.39, 0.29) is 24.6 Å². The van der Waals surface area contributed by atoms with E-state index in [9.17, 15) is 9.90 Å². The van der Waals surface area contributed by atoms with Gasteiger partial charge in [0.25, 0.3) is 5.91 Å². The van der Waals surface area contributed by atoms with Crippen molar-refractivity contribution in [1.82, 2.24) is 30.6 Å². The molecule has 2 aromatic heterocycles. The Kier molecular flexibility index (Phi) is 8.70. The first-order chi connectivity index (χ1) is 18.0. The second-order valence-electron chi connectivity index (χ2n) is 8.58. The normalized spacial score (nSPS) is 17.0. The Morgan fingerprint density at radius 2 is 2.05 bits per heavy atom. The molecule has 1 amide bonds. The van der Waals surface area contributed by atoms with Gasteiger partial charge in [0.2, 0.25) is 5.95 Å². The van der Waals surface area contributed by atoms with Gasteiger partial charge in [-0.15, -0.1) is 0 Å². The Hall–Kier alpha value is -3.54. The maximum atomic E-state index is 13.1. The van der Waals surface area contributed by atoms with E-state index in [2.05, 4.69) is 30.9 Å². The highest BCUT2D eigenvalue weighted by Gasteiger charge is 2.41. The van der Waals surface area contributed by atoms with E-state index in [1.54, 1.807) is 37.7 Å². The van der Waals surface area contributed by atoms with E-state index in [4.69, 9.17) is 21.3 Å². The van der Waals surface area contributed by atoms with E-state index >= 15 is 0 Å². The summed E-state index contributed by atoms with van der Waals surface area (Å²) in [5.74, 6) is 1.49. The van der Waals surface area contributed by atoms with Gasteiger partial charge in [-0.05, 0) is 43.1 Å². The zero-order chi connectivity index (χ0) is 26.3. The molecule has 1 saturated heterocycles. The maximum Gasteiger partial charge on any atom is 0.256 e. The van der Waals surface area contributed by atoms with Crippen LogP contribution in [0.2, 0.25) is 5.02 Å². The molecule has 1 aliphatic rings. The Balaban J connectivity index is 1.61. The number of carbonyl (C=O) groups is 1. The van der Waals surface area contributed by atoms with E-state index in [0.29, 0.717) is 48.0 Å². The highest BCUT2D eigenvalue weighted by atomic mass is 35.5. The molecular weight excluding hydrogens is 496 g/mol. The van der Waals surface area contributed by atoms with Crippen molar-refractivity contribution in [2.24, 2.45) is 0 Å². The molecule has 11 nitrogen and oxygen atoms in total. The molecule has 0 bridgehead atoms. The largest absolute Gasteiger partial charge is 0.495 e. The van der Waals surface area contributed by atoms with Crippen molar-refractivity contribution in [3.05, 3.63) is 64.8 Å². The van der Waals surface area contributed by atoms with E-state index in [0.717, 1.165) is 18.4 Å². The summed E-state index contributed by atoms with van der Waals surface area (Å²) < 4.78 is 5.23. The van der Waals surface area contributed by atoms with Gasteiger partial charge in [-0.25, -0.2) is 15.0 Å². The van der Waals surface area contributed by atoms with Crippen molar-refractivity contribution in [2.75, 3.05) is 37.0 Å². The molecule has 1 fully saturated rings. The molecule has 0 saturated carbocycles. The van der Waals surface area contributed by atoms with Gasteiger partial charge in [-0.2, -0.15) is 4.98 Å². The molecule has 0 aliphatic carbocycles. The van der Waals surface area contributed by atoms with Gasteiger partial charge in [0, 0.05) is 31.7 Å². The molecule has 1 aromatic carbocycles. The smallest absolute Gasteiger partial charge is 0.256 e. The minimum atomic E-state index is -0.649. The molecule has 1 atom stereocenters. The first-order valence-corrected chi connectivity index (χ1v) is 12.5. The lowest BCUT2D eigenvalue weighted by Crippen LogP contribution is -2.58. The highest BCUT2D eigenvalue weighted by molar-refractivity contribution is 6.32. The van der Waals surface area contributed by atoms with Crippen molar-refractivity contribution in [1.29, 1.82) is 0 Å². The Labute approximate surface area is 220 Å². The number of aromatic nitrogens is 4. The molecule has 12 heteroatoms. The van der Waals surface area contributed by atoms with Crippen LogP contribution >= 0.6 is 11.6 Å². The first kappa shape index (κ1) is 26.5. The monoisotopic (exact) mass is 526 g/mol. The molecule has 196 valence electrons. The van der Waals surface area contributed by atoms with Gasteiger partial charge < -0.3 is 25.4 Å². The Morgan fingerprint density at radius 3 is 2.76 bits per heavy atom. The number of aliphatic hydroxyl groups is 1. The summed E-state index contributed by atoms with van der Waals surface area (Å²) in [5.41, 5.74) is 0.509. The molecule has 0 unspecified atom stereocenters. The average Bonchev–Trinajstić information content (AvgIpc) is 3.35. The minimum Gasteiger partial charge on any atom is -0.495 e. The van der Waals surface area contributed by atoms with Crippen molar-refractivity contribution in [3.8, 4) is 5.75 Å². The maximum absolute atomic E-state index is 13.1. The fourth-order valence-corrected chi connectivity index (χ4v) is 4.67. The fraction of sp³-hybridized carbons (Fsp3) is 0.400. The number of carbonyl (C=O) groups excluding carboxylic acids is 1. The van der Waals surface area contributed by atoms with Crippen LogP contribution in [0, 0.1) is 0 Å². The van der Waals surface area contributed by atoms with Crippen molar-refractivity contribution < 1.29 is 14.6 Å². The standard InChI is InChI=1S/C25H31ClN8O3/c1-3-32-25(16-35)8-4-11-34(25)24-31-14-18(23(36)30-15-21-27-9-5-10-28-21)22(33-24)29-13-17-6-7-20(37-2)19(26)12-17/h5-7,9-10,12,14,32,35H,3-4,8,11,13,15-16H2,1-2H3,(H,30,36)(H,29,31,33)/t25-/m0/s1. The molecule has 1 aliphatic heterocycles. The van der Waals surface area contributed by atoms with Crippen molar-refractivity contribution >= 4 is 29.3 Å². The van der Waals surface area contributed by atoms with Gasteiger partial charge in [-0.1, -0.05) is 24.6 Å². The highest BCUT2D eigenvalue weighted by Crippen LogP contribution is 2.31. The third-order valence-electron chi connectivity index (χ3n) is 6.22. The van der Waals surface area contributed by atoms with Crippen LogP contribution in [0.5, 0.6) is 5.75 Å². The summed E-state index contributed by atoms with van der Waals surface area (Å²) in [6.07, 6.45) is 6.37. The average molecular weight is 527 g/mol. The molecule has 4 N–H and O–H groups in total. The van der Waals surface area contributed by atoms with Crippen LogP contribution < -0.4 is 25.6 Å². The van der Waals surface area contributed by atoms with Crippen LogP contribution in [0.4, 0.5) is 11.8 Å². The number of likely N-dealkylation sites (N-methyl/N-ethyl adjacent to an activating group) is 1. The number of hydrogen-bond donors (Lipinski definition) is 4. The molecule has 3 aromatic rings.